The molecular weight excluding hydrogens is 335 g/mol. The van der Waals surface area contributed by atoms with Crippen molar-refractivity contribution in [1.82, 2.24) is 20.1 Å². The van der Waals surface area contributed by atoms with Gasteiger partial charge in [0.05, 0.1) is 11.4 Å². The number of halogens is 1. The highest BCUT2D eigenvalue weighted by molar-refractivity contribution is 5.80. The molecule has 0 fully saturated rings. The van der Waals surface area contributed by atoms with E-state index >= 15 is 0 Å². The lowest BCUT2D eigenvalue weighted by Crippen LogP contribution is -2.36. The molecule has 0 unspecified atom stereocenters. The Labute approximate surface area is 150 Å². The number of carbonyl (C=O) groups excluding carboxylic acids is 1. The predicted octanol–water partition coefficient (Wildman–Crippen LogP) is 2.70. The van der Waals surface area contributed by atoms with Crippen LogP contribution in [0, 0.1) is 5.82 Å². The van der Waals surface area contributed by atoms with Crippen LogP contribution >= 0.6 is 0 Å². The quantitative estimate of drug-likeness (QED) is 0.739. The van der Waals surface area contributed by atoms with Gasteiger partial charge in [-0.1, -0.05) is 18.2 Å². The SMILES string of the molecule is C[C@H](Oc1ccccc1F)C(=O)NCc1ccc(-c2ccnn2C)nc1. The number of aryl methyl sites for hydroxylation is 1. The van der Waals surface area contributed by atoms with Gasteiger partial charge < -0.3 is 10.1 Å². The molecule has 0 bridgehead atoms. The van der Waals surface area contributed by atoms with E-state index in [0.717, 1.165) is 17.0 Å². The standard InChI is InChI=1S/C19H19FN4O2/c1-13(26-18-6-4-3-5-15(18)20)19(25)22-12-14-7-8-16(21-11-14)17-9-10-23-24(17)2/h3-11,13H,12H2,1-2H3,(H,22,25)/t13-/m0/s1. The summed E-state index contributed by atoms with van der Waals surface area (Å²) in [5.41, 5.74) is 2.56. The molecule has 0 aliphatic heterocycles. The van der Waals surface area contributed by atoms with Gasteiger partial charge in [0.2, 0.25) is 0 Å². The van der Waals surface area contributed by atoms with Gasteiger partial charge in [0.15, 0.2) is 17.7 Å². The molecule has 6 nitrogen and oxygen atoms in total. The average molecular weight is 354 g/mol. The van der Waals surface area contributed by atoms with Gasteiger partial charge in [0.25, 0.3) is 5.91 Å². The van der Waals surface area contributed by atoms with E-state index in [-0.39, 0.29) is 11.7 Å². The van der Waals surface area contributed by atoms with E-state index in [2.05, 4.69) is 15.4 Å². The average Bonchev–Trinajstić information content (AvgIpc) is 3.08. The molecule has 0 radical (unpaired) electrons. The van der Waals surface area contributed by atoms with Gasteiger partial charge in [-0.3, -0.25) is 14.5 Å². The van der Waals surface area contributed by atoms with Gasteiger partial charge in [0.1, 0.15) is 0 Å². The number of carbonyl (C=O) groups is 1. The third-order valence-corrected chi connectivity index (χ3v) is 3.88. The summed E-state index contributed by atoms with van der Waals surface area (Å²) in [5.74, 6) is -0.775. The number of hydrogen-bond donors (Lipinski definition) is 1. The summed E-state index contributed by atoms with van der Waals surface area (Å²) in [6.45, 7) is 1.88. The molecule has 0 saturated heterocycles. The van der Waals surface area contributed by atoms with Gasteiger partial charge in [0, 0.05) is 26.0 Å². The summed E-state index contributed by atoms with van der Waals surface area (Å²) in [4.78, 5) is 16.5. The lowest BCUT2D eigenvalue weighted by molar-refractivity contribution is -0.127. The van der Waals surface area contributed by atoms with Crippen molar-refractivity contribution in [3.63, 3.8) is 0 Å². The maximum Gasteiger partial charge on any atom is 0.261 e. The minimum atomic E-state index is -0.812. The molecule has 3 aromatic rings. The Kier molecular flexibility index (Phi) is 5.26. The molecule has 1 N–H and O–H groups in total. The molecule has 0 spiro atoms. The van der Waals surface area contributed by atoms with Crippen molar-refractivity contribution >= 4 is 5.91 Å². The first-order valence-electron chi connectivity index (χ1n) is 8.17. The lowest BCUT2D eigenvalue weighted by Gasteiger charge is -2.15. The minimum absolute atomic E-state index is 0.0531. The molecule has 7 heteroatoms. The van der Waals surface area contributed by atoms with Crippen molar-refractivity contribution < 1.29 is 13.9 Å². The number of rotatable bonds is 6. The van der Waals surface area contributed by atoms with Crippen LogP contribution < -0.4 is 10.1 Å². The Hall–Kier alpha value is -3.22. The van der Waals surface area contributed by atoms with Crippen LogP contribution in [0.4, 0.5) is 4.39 Å². The van der Waals surface area contributed by atoms with Crippen molar-refractivity contribution in [3.8, 4) is 17.1 Å². The fourth-order valence-electron chi connectivity index (χ4n) is 2.42. The van der Waals surface area contributed by atoms with Crippen molar-refractivity contribution in [3.05, 3.63) is 66.2 Å². The molecule has 0 saturated carbocycles. The lowest BCUT2D eigenvalue weighted by atomic mass is 10.2. The van der Waals surface area contributed by atoms with E-state index in [0.29, 0.717) is 6.54 Å². The summed E-state index contributed by atoms with van der Waals surface area (Å²) < 4.78 is 20.7. The second-order valence-corrected chi connectivity index (χ2v) is 5.80. The zero-order chi connectivity index (χ0) is 18.5. The largest absolute Gasteiger partial charge is 0.478 e. The van der Waals surface area contributed by atoms with Crippen LogP contribution in [-0.4, -0.2) is 26.8 Å². The van der Waals surface area contributed by atoms with Gasteiger partial charge in [-0.2, -0.15) is 5.10 Å². The van der Waals surface area contributed by atoms with Crippen molar-refractivity contribution in [2.24, 2.45) is 7.05 Å². The molecule has 1 aromatic carbocycles. The summed E-state index contributed by atoms with van der Waals surface area (Å²) in [6.07, 6.45) is 2.60. The highest BCUT2D eigenvalue weighted by Gasteiger charge is 2.16. The topological polar surface area (TPSA) is 69.0 Å². The van der Waals surface area contributed by atoms with E-state index in [9.17, 15) is 9.18 Å². The van der Waals surface area contributed by atoms with Crippen molar-refractivity contribution in [2.75, 3.05) is 0 Å². The van der Waals surface area contributed by atoms with E-state index in [1.54, 1.807) is 36.1 Å². The third kappa shape index (κ3) is 4.05. The zero-order valence-corrected chi connectivity index (χ0v) is 14.5. The number of hydrogen-bond acceptors (Lipinski definition) is 4. The van der Waals surface area contributed by atoms with E-state index in [4.69, 9.17) is 4.74 Å². The second kappa shape index (κ2) is 7.77. The maximum absolute atomic E-state index is 13.6. The number of benzene rings is 1. The van der Waals surface area contributed by atoms with Crippen LogP contribution in [0.3, 0.4) is 0 Å². The molecule has 0 aliphatic carbocycles. The number of para-hydroxylation sites is 1. The minimum Gasteiger partial charge on any atom is -0.478 e. The zero-order valence-electron chi connectivity index (χ0n) is 14.5. The number of aromatic nitrogens is 3. The summed E-state index contributed by atoms with van der Waals surface area (Å²) in [7, 11) is 1.85. The Balaban J connectivity index is 1.56. The highest BCUT2D eigenvalue weighted by atomic mass is 19.1. The van der Waals surface area contributed by atoms with Gasteiger partial charge in [-0.05, 0) is 36.8 Å². The fourth-order valence-corrected chi connectivity index (χ4v) is 2.42. The Bertz CT molecular complexity index is 893. The highest BCUT2D eigenvalue weighted by Crippen LogP contribution is 2.17. The summed E-state index contributed by atoms with van der Waals surface area (Å²) in [6, 6.07) is 11.6. The number of pyridine rings is 1. The van der Waals surface area contributed by atoms with Gasteiger partial charge >= 0.3 is 0 Å². The van der Waals surface area contributed by atoms with Crippen LogP contribution in [0.15, 0.2) is 54.9 Å². The van der Waals surface area contributed by atoms with Crippen LogP contribution in [0.5, 0.6) is 5.75 Å². The Morgan fingerprint density at radius 1 is 1.27 bits per heavy atom. The van der Waals surface area contributed by atoms with Crippen molar-refractivity contribution in [2.45, 2.75) is 19.6 Å². The van der Waals surface area contributed by atoms with E-state index in [1.807, 2.05) is 25.2 Å². The predicted molar refractivity (Wildman–Crippen MR) is 94.8 cm³/mol. The molecule has 134 valence electrons. The third-order valence-electron chi connectivity index (χ3n) is 3.88. The monoisotopic (exact) mass is 354 g/mol. The molecular formula is C19H19FN4O2. The summed E-state index contributed by atoms with van der Waals surface area (Å²) >= 11 is 0. The number of nitrogens with one attached hydrogen (secondary N) is 1. The normalized spacial score (nSPS) is 11.8. The van der Waals surface area contributed by atoms with Gasteiger partial charge in [-0.15, -0.1) is 0 Å². The molecule has 3 rings (SSSR count). The Morgan fingerprint density at radius 2 is 2.08 bits per heavy atom. The fraction of sp³-hybridized carbons (Fsp3) is 0.211. The van der Waals surface area contributed by atoms with Crippen LogP contribution in [0.25, 0.3) is 11.4 Å². The first-order chi connectivity index (χ1) is 12.5. The van der Waals surface area contributed by atoms with E-state index < -0.39 is 11.9 Å². The molecule has 2 heterocycles. The first kappa shape index (κ1) is 17.6. The number of ether oxygens (including phenoxy) is 1. The first-order valence-corrected chi connectivity index (χ1v) is 8.17. The van der Waals surface area contributed by atoms with Gasteiger partial charge in [-0.25, -0.2) is 4.39 Å². The summed E-state index contributed by atoms with van der Waals surface area (Å²) in [5, 5.41) is 6.87. The molecule has 1 atom stereocenters. The smallest absolute Gasteiger partial charge is 0.261 e. The van der Waals surface area contributed by atoms with Crippen LogP contribution in [0.1, 0.15) is 12.5 Å². The molecule has 1 amide bonds. The van der Waals surface area contributed by atoms with Crippen LogP contribution in [0.2, 0.25) is 0 Å². The van der Waals surface area contributed by atoms with Crippen molar-refractivity contribution in [1.29, 1.82) is 0 Å². The second-order valence-electron chi connectivity index (χ2n) is 5.80. The number of amides is 1. The molecule has 26 heavy (non-hydrogen) atoms. The van der Waals surface area contributed by atoms with Crippen LogP contribution in [-0.2, 0) is 18.4 Å². The molecule has 0 aliphatic rings. The number of nitrogens with zero attached hydrogens (tertiary/aromatic N) is 3. The maximum atomic E-state index is 13.6. The Morgan fingerprint density at radius 3 is 2.73 bits per heavy atom. The van der Waals surface area contributed by atoms with E-state index in [1.165, 1.54) is 12.1 Å². The molecule has 2 aromatic heterocycles.